The zero-order valence-corrected chi connectivity index (χ0v) is 24.6. The monoisotopic (exact) mass is 643 g/mol. The van der Waals surface area contributed by atoms with Crippen molar-refractivity contribution in [1.29, 1.82) is 0 Å². The molecule has 1 unspecified atom stereocenters. The Hall–Kier alpha value is -3.89. The number of aryl methyl sites for hydroxylation is 1. The lowest BCUT2D eigenvalue weighted by Gasteiger charge is -2.30. The van der Waals surface area contributed by atoms with Crippen LogP contribution in [0.5, 0.6) is 0 Å². The van der Waals surface area contributed by atoms with Gasteiger partial charge in [-0.2, -0.15) is 23.4 Å². The lowest BCUT2D eigenvalue weighted by atomic mass is 9.86. The maximum atomic E-state index is 14.0. The predicted octanol–water partition coefficient (Wildman–Crippen LogP) is 3.42. The van der Waals surface area contributed by atoms with Gasteiger partial charge in [0.1, 0.15) is 5.69 Å². The molecule has 1 saturated heterocycles. The lowest BCUT2D eigenvalue weighted by molar-refractivity contribution is -0.183. The second-order valence-corrected chi connectivity index (χ2v) is 13.1. The third kappa shape index (κ3) is 6.61. The van der Waals surface area contributed by atoms with Crippen LogP contribution in [0.4, 0.5) is 22.0 Å². The highest BCUT2D eigenvalue weighted by molar-refractivity contribution is 7.90. The van der Waals surface area contributed by atoms with Gasteiger partial charge in [-0.1, -0.05) is 6.08 Å². The van der Waals surface area contributed by atoms with Crippen molar-refractivity contribution in [2.75, 3.05) is 12.8 Å². The molecular weight excluding hydrogens is 613 g/mol. The van der Waals surface area contributed by atoms with Crippen LogP contribution >= 0.6 is 0 Å². The molecule has 0 bridgehead atoms. The second-order valence-electron chi connectivity index (χ2n) is 11.1. The number of carbonyl (C=O) groups excluding carboxylic acids is 2. The van der Waals surface area contributed by atoms with Crippen LogP contribution in [0, 0.1) is 11.8 Å². The molecule has 2 aliphatic rings. The van der Waals surface area contributed by atoms with E-state index in [9.17, 15) is 40.0 Å². The van der Waals surface area contributed by atoms with Crippen molar-refractivity contribution in [3.8, 4) is 0 Å². The lowest BCUT2D eigenvalue weighted by Crippen LogP contribution is -2.47. The van der Waals surface area contributed by atoms with Gasteiger partial charge >= 0.3 is 6.18 Å². The topological polar surface area (TPSA) is 140 Å². The summed E-state index contributed by atoms with van der Waals surface area (Å²) in [5, 5.41) is 13.5. The van der Waals surface area contributed by atoms with E-state index in [0.717, 1.165) is 6.26 Å². The van der Waals surface area contributed by atoms with Gasteiger partial charge in [-0.15, -0.1) is 0 Å². The number of imidazole rings is 1. The van der Waals surface area contributed by atoms with Crippen molar-refractivity contribution >= 4 is 27.3 Å². The number of rotatable bonds is 8. The highest BCUT2D eigenvalue weighted by Gasteiger charge is 2.45. The fourth-order valence-electron chi connectivity index (χ4n) is 5.54. The molecule has 1 fully saturated rings. The van der Waals surface area contributed by atoms with Crippen molar-refractivity contribution in [1.82, 2.24) is 35.0 Å². The van der Waals surface area contributed by atoms with E-state index in [1.165, 1.54) is 39.8 Å². The molecule has 3 aromatic rings. The Morgan fingerprint density at radius 1 is 1.30 bits per heavy atom. The summed E-state index contributed by atoms with van der Waals surface area (Å²) >= 11 is 0. The zero-order valence-electron chi connectivity index (χ0n) is 23.7. The van der Waals surface area contributed by atoms with Gasteiger partial charge in [0.05, 0.1) is 34.4 Å². The first kappa shape index (κ1) is 31.5. The third-order valence-electron chi connectivity index (χ3n) is 7.90. The second kappa shape index (κ2) is 11.6. The van der Waals surface area contributed by atoms with Crippen LogP contribution in [0.1, 0.15) is 60.5 Å². The minimum absolute atomic E-state index is 0.0324. The summed E-state index contributed by atoms with van der Waals surface area (Å²) in [7, 11) is -3.98. The van der Waals surface area contributed by atoms with Crippen LogP contribution < -0.4 is 10.6 Å². The summed E-state index contributed by atoms with van der Waals surface area (Å²) in [6, 6.07) is 1.71. The molecule has 0 spiro atoms. The fourth-order valence-corrected chi connectivity index (χ4v) is 6.41. The van der Waals surface area contributed by atoms with Crippen molar-refractivity contribution in [3.63, 3.8) is 0 Å². The number of hydrogen-bond acceptors (Lipinski definition) is 7. The molecule has 44 heavy (non-hydrogen) atoms. The number of allylic oxidation sites excluding steroid dienone is 1. The molecule has 238 valence electrons. The largest absolute Gasteiger partial charge is 0.393 e. The van der Waals surface area contributed by atoms with Crippen LogP contribution in [0.2, 0.25) is 0 Å². The van der Waals surface area contributed by atoms with E-state index in [1.807, 2.05) is 0 Å². The zero-order chi connectivity index (χ0) is 32.0. The summed E-state index contributed by atoms with van der Waals surface area (Å²) in [6.07, 6.45) is -1.43. The smallest absolute Gasteiger partial charge is 0.355 e. The summed E-state index contributed by atoms with van der Waals surface area (Å²) < 4.78 is 96.3. The van der Waals surface area contributed by atoms with E-state index >= 15 is 0 Å². The quantitative estimate of drug-likeness (QED) is 0.283. The number of sulfone groups is 1. The van der Waals surface area contributed by atoms with E-state index in [0.29, 0.717) is 12.1 Å². The van der Waals surface area contributed by atoms with Gasteiger partial charge in [-0.05, 0) is 31.4 Å². The first-order valence-electron chi connectivity index (χ1n) is 13.9. The van der Waals surface area contributed by atoms with E-state index in [1.54, 1.807) is 6.92 Å². The van der Waals surface area contributed by atoms with Crippen molar-refractivity contribution in [3.05, 3.63) is 53.3 Å². The molecule has 3 atom stereocenters. The highest BCUT2D eigenvalue weighted by Crippen LogP contribution is 2.38. The fraction of sp³-hybridized carbons (Fsp3) is 0.519. The Bertz CT molecular complexity index is 1730. The van der Waals surface area contributed by atoms with E-state index in [4.69, 9.17) is 0 Å². The van der Waals surface area contributed by atoms with Crippen LogP contribution in [-0.4, -0.2) is 69.5 Å². The molecule has 3 aromatic heterocycles. The average Bonchev–Trinajstić information content (AvgIpc) is 3.58. The normalized spacial score (nSPS) is 21.5. The van der Waals surface area contributed by atoms with Gasteiger partial charge in [-0.25, -0.2) is 26.7 Å². The Morgan fingerprint density at radius 2 is 2.05 bits per heavy atom. The van der Waals surface area contributed by atoms with Crippen LogP contribution in [-0.2, 0) is 27.6 Å². The number of amides is 2. The van der Waals surface area contributed by atoms with E-state index in [-0.39, 0.29) is 40.5 Å². The van der Waals surface area contributed by atoms with Gasteiger partial charge in [0.15, 0.2) is 15.5 Å². The first-order valence-corrected chi connectivity index (χ1v) is 15.8. The summed E-state index contributed by atoms with van der Waals surface area (Å²) in [5.74, 6) is -7.07. The SMILES string of the molecule is CCn1nccc1C(=O)N[C@@H](C1=CCC(F)(F)CC1)c1cn2nc(CC3C[C@@H](C(F)(F)F)CNC3=O)c(S(C)(=O)=O)cc2n1. The molecule has 2 amide bonds. The number of carbonyl (C=O) groups is 2. The molecular formula is C27H30F5N7O4S. The predicted molar refractivity (Wildman–Crippen MR) is 145 cm³/mol. The van der Waals surface area contributed by atoms with Crippen LogP contribution in [0.25, 0.3) is 5.65 Å². The minimum Gasteiger partial charge on any atom is -0.355 e. The third-order valence-corrected chi connectivity index (χ3v) is 9.06. The number of piperidine rings is 1. The molecule has 0 aromatic carbocycles. The molecule has 4 heterocycles. The highest BCUT2D eigenvalue weighted by atomic mass is 32.2. The Morgan fingerprint density at radius 3 is 2.68 bits per heavy atom. The van der Waals surface area contributed by atoms with Crippen molar-refractivity contribution in [2.45, 2.75) is 68.6 Å². The summed E-state index contributed by atoms with van der Waals surface area (Å²) in [6.45, 7) is 1.62. The number of hydrogen-bond donors (Lipinski definition) is 2. The Kier molecular flexibility index (Phi) is 8.28. The average molecular weight is 644 g/mol. The number of nitrogens with one attached hydrogen (secondary N) is 2. The van der Waals surface area contributed by atoms with Gasteiger partial charge < -0.3 is 10.6 Å². The molecule has 2 N–H and O–H groups in total. The molecule has 17 heteroatoms. The van der Waals surface area contributed by atoms with Crippen molar-refractivity contribution in [2.24, 2.45) is 11.8 Å². The van der Waals surface area contributed by atoms with E-state index in [2.05, 4.69) is 25.8 Å². The maximum Gasteiger partial charge on any atom is 0.393 e. The first-order chi connectivity index (χ1) is 20.6. The standard InChI is InChI=1S/C27H30F5N7O4S/c1-3-38-20(6-9-34-38)25(41)36-23(15-4-7-26(28,29)8-5-15)19-14-39-22(35-19)12-21(44(2,42)43)18(37-39)11-16-10-17(27(30,31)32)13-33-24(16)40/h4,6,9,12,14,16-17,23H,3,5,7-8,10-11,13H2,1-2H3,(H,33,40)(H,36,41)/t16?,17-,23+/m1/s1. The molecule has 1 aliphatic carbocycles. The molecule has 11 nitrogen and oxygen atoms in total. The number of fused-ring (bicyclic) bond motifs is 1. The van der Waals surface area contributed by atoms with Crippen molar-refractivity contribution < 1.29 is 40.0 Å². The van der Waals surface area contributed by atoms with Gasteiger partial charge in [0, 0.05) is 56.8 Å². The Labute approximate surface area is 248 Å². The number of nitrogens with zero attached hydrogens (tertiary/aromatic N) is 5. The van der Waals surface area contributed by atoms with Crippen LogP contribution in [0.15, 0.2) is 41.1 Å². The van der Waals surface area contributed by atoms with Crippen LogP contribution in [0.3, 0.4) is 0 Å². The molecule has 5 rings (SSSR count). The number of halogens is 5. The summed E-state index contributed by atoms with van der Waals surface area (Å²) in [5.41, 5.74) is 0.775. The Balaban J connectivity index is 1.54. The summed E-state index contributed by atoms with van der Waals surface area (Å²) in [4.78, 5) is 29.9. The molecule has 0 saturated carbocycles. The number of alkyl halides is 5. The molecule has 1 aliphatic heterocycles. The van der Waals surface area contributed by atoms with Gasteiger partial charge in [0.25, 0.3) is 11.8 Å². The minimum atomic E-state index is -4.55. The molecule has 0 radical (unpaired) electrons. The van der Waals surface area contributed by atoms with Gasteiger partial charge in [0.2, 0.25) is 5.91 Å². The number of aromatic nitrogens is 5. The maximum absolute atomic E-state index is 14.0. The van der Waals surface area contributed by atoms with E-state index < -0.39 is 77.4 Å². The van der Waals surface area contributed by atoms with Gasteiger partial charge in [-0.3, -0.25) is 14.3 Å².